The Hall–Kier alpha value is -2.42. The first-order chi connectivity index (χ1) is 14.3. The van der Waals surface area contributed by atoms with Crippen molar-refractivity contribution in [1.82, 2.24) is 4.31 Å². The number of sulfonamides is 1. The lowest BCUT2D eigenvalue weighted by Gasteiger charge is -2.31. The maximum absolute atomic E-state index is 12.9. The molecular formula is C21H23ClN2O5S. The number of piperidine rings is 1. The average molecular weight is 451 g/mol. The van der Waals surface area contributed by atoms with Gasteiger partial charge in [0.05, 0.1) is 24.3 Å². The molecule has 0 unspecified atom stereocenters. The van der Waals surface area contributed by atoms with Crippen LogP contribution in [0.3, 0.4) is 0 Å². The Morgan fingerprint density at radius 3 is 2.53 bits per heavy atom. The van der Waals surface area contributed by atoms with Crippen LogP contribution in [0.1, 0.15) is 28.8 Å². The van der Waals surface area contributed by atoms with Crippen molar-refractivity contribution in [3.63, 3.8) is 0 Å². The molecule has 1 atom stereocenters. The predicted molar refractivity (Wildman–Crippen MR) is 115 cm³/mol. The number of anilines is 1. The van der Waals surface area contributed by atoms with Crippen molar-refractivity contribution >= 4 is 39.2 Å². The van der Waals surface area contributed by atoms with Gasteiger partial charge in [0.2, 0.25) is 15.9 Å². The molecule has 0 aromatic heterocycles. The van der Waals surface area contributed by atoms with E-state index in [9.17, 15) is 18.0 Å². The molecule has 1 aliphatic heterocycles. The number of esters is 1. The second kappa shape index (κ2) is 9.59. The number of hydrogen-bond donors (Lipinski definition) is 1. The zero-order valence-electron chi connectivity index (χ0n) is 16.5. The fourth-order valence-corrected chi connectivity index (χ4v) is 5.29. The number of nitrogens with zero attached hydrogens (tertiary/aromatic N) is 1. The van der Waals surface area contributed by atoms with Gasteiger partial charge in [0, 0.05) is 23.8 Å². The number of rotatable bonds is 6. The maximum atomic E-state index is 12.9. The van der Waals surface area contributed by atoms with E-state index in [-0.39, 0.29) is 18.2 Å². The predicted octanol–water partition coefficient (Wildman–Crippen LogP) is 3.31. The van der Waals surface area contributed by atoms with Crippen LogP contribution in [0.2, 0.25) is 5.02 Å². The van der Waals surface area contributed by atoms with Gasteiger partial charge in [-0.05, 0) is 48.7 Å². The van der Waals surface area contributed by atoms with Crippen LogP contribution in [-0.4, -0.2) is 44.8 Å². The number of carbonyl (C=O) groups excluding carboxylic acids is 2. The van der Waals surface area contributed by atoms with Crippen LogP contribution in [0.25, 0.3) is 0 Å². The lowest BCUT2D eigenvalue weighted by atomic mass is 9.98. The molecule has 1 aliphatic rings. The largest absolute Gasteiger partial charge is 0.465 e. The highest BCUT2D eigenvalue weighted by Gasteiger charge is 2.32. The summed E-state index contributed by atoms with van der Waals surface area (Å²) < 4.78 is 31.7. The van der Waals surface area contributed by atoms with Crippen LogP contribution in [-0.2, 0) is 25.3 Å². The summed E-state index contributed by atoms with van der Waals surface area (Å²) in [7, 11) is -2.30. The van der Waals surface area contributed by atoms with Crippen LogP contribution < -0.4 is 5.32 Å². The first-order valence-electron chi connectivity index (χ1n) is 9.50. The van der Waals surface area contributed by atoms with Crippen molar-refractivity contribution in [3.05, 3.63) is 64.7 Å². The van der Waals surface area contributed by atoms with Gasteiger partial charge in [-0.3, -0.25) is 4.79 Å². The number of carbonyl (C=O) groups is 2. The van der Waals surface area contributed by atoms with E-state index in [1.54, 1.807) is 48.5 Å². The molecule has 7 nitrogen and oxygen atoms in total. The SMILES string of the molecule is COC(=O)c1ccc(NC(=O)[C@@H]2CCCN(S(=O)(=O)Cc3ccccc3Cl)C2)cc1. The molecule has 0 saturated carbocycles. The molecule has 2 aromatic rings. The van der Waals surface area contributed by atoms with Crippen LogP contribution in [0, 0.1) is 5.92 Å². The topological polar surface area (TPSA) is 92.8 Å². The van der Waals surface area contributed by atoms with Gasteiger partial charge in [-0.2, -0.15) is 0 Å². The molecule has 1 N–H and O–H groups in total. The highest BCUT2D eigenvalue weighted by molar-refractivity contribution is 7.88. The summed E-state index contributed by atoms with van der Waals surface area (Å²) in [5.41, 5.74) is 1.45. The number of ether oxygens (including phenoxy) is 1. The summed E-state index contributed by atoms with van der Waals surface area (Å²) in [6, 6.07) is 13.2. The summed E-state index contributed by atoms with van der Waals surface area (Å²) in [5, 5.41) is 3.20. The smallest absolute Gasteiger partial charge is 0.337 e. The first kappa shape index (κ1) is 22.3. The standard InChI is InChI=1S/C21H23ClN2O5S/c1-29-21(26)15-8-10-18(11-9-15)23-20(25)16-6-4-12-24(13-16)30(27,28)14-17-5-2-3-7-19(17)22/h2-3,5,7-11,16H,4,6,12-14H2,1H3,(H,23,25)/t16-/m1/s1. The van der Waals surface area contributed by atoms with Gasteiger partial charge < -0.3 is 10.1 Å². The summed E-state index contributed by atoms with van der Waals surface area (Å²) >= 11 is 6.10. The first-order valence-corrected chi connectivity index (χ1v) is 11.5. The van der Waals surface area contributed by atoms with Crippen molar-refractivity contribution in [2.45, 2.75) is 18.6 Å². The number of methoxy groups -OCH3 is 1. The Balaban J connectivity index is 1.64. The quantitative estimate of drug-likeness (QED) is 0.681. The molecule has 1 fully saturated rings. The van der Waals surface area contributed by atoms with Crippen molar-refractivity contribution < 1.29 is 22.7 Å². The van der Waals surface area contributed by atoms with E-state index in [0.29, 0.717) is 41.2 Å². The van der Waals surface area contributed by atoms with E-state index in [2.05, 4.69) is 10.1 Å². The Morgan fingerprint density at radius 1 is 1.17 bits per heavy atom. The molecule has 3 rings (SSSR count). The van der Waals surface area contributed by atoms with Gasteiger partial charge in [0.25, 0.3) is 0 Å². The van der Waals surface area contributed by atoms with Gasteiger partial charge in [0.15, 0.2) is 0 Å². The number of amides is 1. The molecule has 0 spiro atoms. The minimum atomic E-state index is -3.60. The Labute approximate surface area is 181 Å². The molecule has 1 heterocycles. The number of hydrogen-bond acceptors (Lipinski definition) is 5. The summed E-state index contributed by atoms with van der Waals surface area (Å²) in [6.07, 6.45) is 1.20. The molecule has 0 radical (unpaired) electrons. The fraction of sp³-hybridized carbons (Fsp3) is 0.333. The molecule has 0 aliphatic carbocycles. The molecule has 0 bridgehead atoms. The maximum Gasteiger partial charge on any atom is 0.337 e. The molecule has 1 amide bonds. The van der Waals surface area contributed by atoms with Gasteiger partial charge in [-0.15, -0.1) is 0 Å². The highest BCUT2D eigenvalue weighted by Crippen LogP contribution is 2.25. The zero-order chi connectivity index (χ0) is 21.7. The monoisotopic (exact) mass is 450 g/mol. The summed E-state index contributed by atoms with van der Waals surface area (Å²) in [5.74, 6) is -1.37. The van der Waals surface area contributed by atoms with Crippen LogP contribution in [0.5, 0.6) is 0 Å². The molecule has 30 heavy (non-hydrogen) atoms. The molecule has 9 heteroatoms. The second-order valence-corrected chi connectivity index (χ2v) is 9.48. The molecule has 1 saturated heterocycles. The van der Waals surface area contributed by atoms with Crippen molar-refractivity contribution in [1.29, 1.82) is 0 Å². The van der Waals surface area contributed by atoms with E-state index in [0.717, 1.165) is 0 Å². The Bertz CT molecular complexity index is 1020. The normalized spacial score (nSPS) is 17.3. The lowest BCUT2D eigenvalue weighted by molar-refractivity contribution is -0.120. The van der Waals surface area contributed by atoms with Gasteiger partial charge in [0.1, 0.15) is 0 Å². The van der Waals surface area contributed by atoms with Crippen LogP contribution in [0.4, 0.5) is 5.69 Å². The van der Waals surface area contributed by atoms with Crippen molar-refractivity contribution in [2.75, 3.05) is 25.5 Å². The van der Waals surface area contributed by atoms with Crippen LogP contribution >= 0.6 is 11.6 Å². The van der Waals surface area contributed by atoms with Crippen molar-refractivity contribution in [3.8, 4) is 0 Å². The minimum Gasteiger partial charge on any atom is -0.465 e. The third-order valence-electron chi connectivity index (χ3n) is 5.02. The Morgan fingerprint density at radius 2 is 1.87 bits per heavy atom. The second-order valence-electron chi connectivity index (χ2n) is 7.10. The van der Waals surface area contributed by atoms with Gasteiger partial charge in [-0.25, -0.2) is 17.5 Å². The third-order valence-corrected chi connectivity index (χ3v) is 7.18. The fourth-order valence-electron chi connectivity index (χ4n) is 3.36. The summed E-state index contributed by atoms with van der Waals surface area (Å²) in [6.45, 7) is 0.503. The van der Waals surface area contributed by atoms with Gasteiger partial charge in [-0.1, -0.05) is 29.8 Å². The van der Waals surface area contributed by atoms with E-state index in [1.165, 1.54) is 11.4 Å². The van der Waals surface area contributed by atoms with Crippen LogP contribution in [0.15, 0.2) is 48.5 Å². The van der Waals surface area contributed by atoms with Crippen molar-refractivity contribution in [2.24, 2.45) is 5.92 Å². The molecule has 2 aromatic carbocycles. The highest BCUT2D eigenvalue weighted by atomic mass is 35.5. The Kier molecular flexibility index (Phi) is 7.12. The zero-order valence-corrected chi connectivity index (χ0v) is 18.1. The minimum absolute atomic E-state index is 0.124. The third kappa shape index (κ3) is 5.38. The molecule has 160 valence electrons. The van der Waals surface area contributed by atoms with E-state index in [4.69, 9.17) is 11.6 Å². The number of benzene rings is 2. The summed E-state index contributed by atoms with van der Waals surface area (Å²) in [4.78, 5) is 24.2. The van der Waals surface area contributed by atoms with Gasteiger partial charge >= 0.3 is 5.97 Å². The van der Waals surface area contributed by atoms with E-state index < -0.39 is 21.9 Å². The lowest BCUT2D eigenvalue weighted by Crippen LogP contribution is -2.44. The van der Waals surface area contributed by atoms with E-state index in [1.807, 2.05) is 0 Å². The molecular weight excluding hydrogens is 428 g/mol. The van der Waals surface area contributed by atoms with E-state index >= 15 is 0 Å². The average Bonchev–Trinajstić information content (AvgIpc) is 2.75. The number of halogens is 1. The number of nitrogens with one attached hydrogen (secondary N) is 1.